The van der Waals surface area contributed by atoms with E-state index in [2.05, 4.69) is 6.08 Å². The molecule has 0 saturated heterocycles. The molecule has 0 aromatic rings. The van der Waals surface area contributed by atoms with E-state index in [0.29, 0.717) is 0 Å². The van der Waals surface area contributed by atoms with Crippen LogP contribution in [0.1, 0.15) is 25.7 Å². The molecule has 0 unspecified atom stereocenters. The van der Waals surface area contributed by atoms with Crippen LogP contribution in [0.3, 0.4) is 0 Å². The van der Waals surface area contributed by atoms with E-state index in [9.17, 15) is 0 Å². The number of allylic oxidation sites excluding steroid dienone is 2. The Bertz CT molecular complexity index is 94.6. The zero-order chi connectivity index (χ0) is 5.82. The van der Waals surface area contributed by atoms with Gasteiger partial charge in [-0.25, -0.2) is 0 Å². The molecule has 0 aromatic carbocycles. The van der Waals surface area contributed by atoms with Gasteiger partial charge in [0, 0.05) is 0 Å². The first-order valence-electron chi connectivity index (χ1n) is 3.40. The van der Waals surface area contributed by atoms with Gasteiger partial charge in [0.05, 0.1) is 0 Å². The normalized spacial score (nSPS) is 20.5. The predicted octanol–water partition coefficient (Wildman–Crippen LogP) is 2.45. The van der Waals surface area contributed by atoms with Crippen LogP contribution in [0.5, 0.6) is 0 Å². The fourth-order valence-electron chi connectivity index (χ4n) is 1.13. The van der Waals surface area contributed by atoms with Crippen LogP contribution in [-0.2, 0) is 26.1 Å². The van der Waals surface area contributed by atoms with E-state index < -0.39 is 0 Å². The van der Waals surface area contributed by atoms with E-state index in [1.54, 1.807) is 5.57 Å². The molecule has 0 amide bonds. The Labute approximate surface area is 67.3 Å². The Morgan fingerprint density at radius 3 is 2.75 bits per heavy atom. The van der Waals surface area contributed by atoms with Gasteiger partial charge in [0.15, 0.2) is 0 Å². The van der Waals surface area contributed by atoms with Crippen molar-refractivity contribution < 1.29 is 26.1 Å². The fourth-order valence-corrected chi connectivity index (χ4v) is 2.90. The minimum absolute atomic E-state index is 1.01. The zero-order valence-corrected chi connectivity index (χ0v) is 10.8. The summed E-state index contributed by atoms with van der Waals surface area (Å²) in [6.45, 7) is 0. The Balaban J connectivity index is 2.37. The molecule has 1 rings (SSSR count). The van der Waals surface area contributed by atoms with Gasteiger partial charge in [0.2, 0.25) is 0 Å². The van der Waals surface area contributed by atoms with Crippen molar-refractivity contribution in [1.29, 1.82) is 0 Å². The fraction of sp³-hybridized carbons (Fsp3) is 0.714. The molecule has 0 heterocycles. The van der Waals surface area contributed by atoms with Crippen LogP contribution >= 0.6 is 0 Å². The molecular formula is C7H11Hg. The van der Waals surface area contributed by atoms with Crippen molar-refractivity contribution in [1.82, 2.24) is 0 Å². The summed E-state index contributed by atoms with van der Waals surface area (Å²) in [4.78, 5) is 0. The second-order valence-electron chi connectivity index (χ2n) is 2.36. The average molecular weight is 296 g/mol. The van der Waals surface area contributed by atoms with Gasteiger partial charge < -0.3 is 0 Å². The molecule has 0 saturated carbocycles. The first-order valence-corrected chi connectivity index (χ1v) is 7.29. The first-order chi connectivity index (χ1) is 3.93. The summed E-state index contributed by atoms with van der Waals surface area (Å²) in [5.41, 5.74) is 1.76. The third-order valence-corrected chi connectivity index (χ3v) is 4.20. The van der Waals surface area contributed by atoms with Crippen LogP contribution < -0.4 is 0 Å². The van der Waals surface area contributed by atoms with Gasteiger partial charge in [-0.15, -0.1) is 0 Å². The second kappa shape index (κ2) is 3.65. The van der Waals surface area contributed by atoms with Crippen LogP contribution in [0.25, 0.3) is 0 Å². The Morgan fingerprint density at radius 2 is 2.38 bits per heavy atom. The van der Waals surface area contributed by atoms with Crippen molar-refractivity contribution in [3.8, 4) is 0 Å². The zero-order valence-electron chi connectivity index (χ0n) is 5.32. The average Bonchev–Trinajstić information content (AvgIpc) is 1.90. The predicted molar refractivity (Wildman–Crippen MR) is 31.4 cm³/mol. The van der Waals surface area contributed by atoms with Crippen molar-refractivity contribution in [3.05, 3.63) is 11.6 Å². The van der Waals surface area contributed by atoms with E-state index in [1.165, 1.54) is 29.6 Å². The number of rotatable bonds is 1. The van der Waals surface area contributed by atoms with Crippen LogP contribution in [-0.4, -0.2) is 0 Å². The number of hydrogen-bond donors (Lipinski definition) is 0. The molecule has 8 heavy (non-hydrogen) atoms. The molecule has 0 aliphatic heterocycles. The summed E-state index contributed by atoms with van der Waals surface area (Å²) >= 11 is 1.01. The third-order valence-electron chi connectivity index (χ3n) is 1.71. The van der Waals surface area contributed by atoms with Crippen LogP contribution in [0.4, 0.5) is 0 Å². The van der Waals surface area contributed by atoms with E-state index in [-0.39, 0.29) is 0 Å². The summed E-state index contributed by atoms with van der Waals surface area (Å²) < 4.78 is 1.47. The van der Waals surface area contributed by atoms with Crippen molar-refractivity contribution in [2.75, 3.05) is 0 Å². The van der Waals surface area contributed by atoms with Crippen molar-refractivity contribution >= 4 is 0 Å². The van der Waals surface area contributed by atoms with Gasteiger partial charge in [-0.3, -0.25) is 0 Å². The summed E-state index contributed by atoms with van der Waals surface area (Å²) in [6, 6.07) is 0. The maximum atomic E-state index is 2.45. The standard InChI is InChI=1S/C7H11.Hg/c1-7-5-3-2-4-6-7;/h5H,1-4,6H2;. The van der Waals surface area contributed by atoms with Gasteiger partial charge in [0.25, 0.3) is 0 Å². The molecule has 41 valence electrons. The SMILES string of the molecule is [Hg][CH2]C1=CCCCC1. The van der Waals surface area contributed by atoms with Crippen molar-refractivity contribution in [2.24, 2.45) is 0 Å². The van der Waals surface area contributed by atoms with Gasteiger partial charge in [-0.2, -0.15) is 0 Å². The van der Waals surface area contributed by atoms with Crippen molar-refractivity contribution in [3.63, 3.8) is 0 Å². The second-order valence-corrected chi connectivity index (χ2v) is 4.30. The Kier molecular flexibility index (Phi) is 3.10. The van der Waals surface area contributed by atoms with Crippen LogP contribution in [0.15, 0.2) is 11.6 Å². The van der Waals surface area contributed by atoms with Gasteiger partial charge in [-0.05, 0) is 0 Å². The van der Waals surface area contributed by atoms with Gasteiger partial charge >= 0.3 is 67.4 Å². The van der Waals surface area contributed by atoms with Crippen LogP contribution in [0.2, 0.25) is 3.93 Å². The molecule has 0 nitrogen and oxygen atoms in total. The number of hydrogen-bond acceptors (Lipinski definition) is 0. The first kappa shape index (κ1) is 6.79. The van der Waals surface area contributed by atoms with Gasteiger partial charge in [0.1, 0.15) is 0 Å². The third kappa shape index (κ3) is 1.89. The summed E-state index contributed by atoms with van der Waals surface area (Å²) in [7, 11) is 0. The molecule has 0 bridgehead atoms. The summed E-state index contributed by atoms with van der Waals surface area (Å²) in [5.74, 6) is 0. The molecule has 0 N–H and O–H groups in total. The molecule has 0 aromatic heterocycles. The monoisotopic (exact) mass is 297 g/mol. The molecule has 0 atom stereocenters. The van der Waals surface area contributed by atoms with E-state index >= 15 is 0 Å². The van der Waals surface area contributed by atoms with E-state index in [4.69, 9.17) is 0 Å². The van der Waals surface area contributed by atoms with Crippen LogP contribution in [0, 0.1) is 0 Å². The molecule has 1 aliphatic rings. The molecule has 1 aliphatic carbocycles. The van der Waals surface area contributed by atoms with E-state index in [1.807, 2.05) is 0 Å². The summed E-state index contributed by atoms with van der Waals surface area (Å²) in [6.07, 6.45) is 8.15. The topological polar surface area (TPSA) is 0 Å². The molecular weight excluding hydrogens is 285 g/mol. The van der Waals surface area contributed by atoms with Crippen molar-refractivity contribution in [2.45, 2.75) is 29.6 Å². The quantitative estimate of drug-likeness (QED) is 0.515. The molecule has 0 spiro atoms. The van der Waals surface area contributed by atoms with Gasteiger partial charge in [-0.1, -0.05) is 0 Å². The molecule has 0 radical (unpaired) electrons. The van der Waals surface area contributed by atoms with E-state index in [0.717, 1.165) is 26.1 Å². The maximum absolute atomic E-state index is 2.45. The molecule has 0 fully saturated rings. The Morgan fingerprint density at radius 1 is 1.50 bits per heavy atom. The summed E-state index contributed by atoms with van der Waals surface area (Å²) in [5, 5.41) is 0. The Hall–Kier alpha value is 0.675. The molecule has 1 heteroatoms. The minimum atomic E-state index is 1.01.